The molecule has 1 saturated carbocycles. The molecule has 0 spiro atoms. The molecule has 2 rings (SSSR count). The van der Waals surface area contributed by atoms with Crippen molar-refractivity contribution in [3.8, 4) is 0 Å². The van der Waals surface area contributed by atoms with E-state index in [-0.39, 0.29) is 12.1 Å². The number of aromatic nitrogens is 2. The Morgan fingerprint density at radius 2 is 2.21 bits per heavy atom. The summed E-state index contributed by atoms with van der Waals surface area (Å²) < 4.78 is 1.92. The van der Waals surface area contributed by atoms with E-state index >= 15 is 0 Å². The van der Waals surface area contributed by atoms with E-state index in [4.69, 9.17) is 0 Å². The zero-order valence-corrected chi connectivity index (χ0v) is 12.3. The Hall–Kier alpha value is -1.52. The molecule has 1 heterocycles. The van der Waals surface area contributed by atoms with Crippen LogP contribution in [-0.4, -0.2) is 32.6 Å². The molecule has 0 radical (unpaired) electrons. The highest BCUT2D eigenvalue weighted by atomic mass is 16.2. The number of imidazole rings is 1. The van der Waals surface area contributed by atoms with Crippen molar-refractivity contribution in [2.75, 3.05) is 0 Å². The number of carbonyl (C=O) groups is 1. The lowest BCUT2D eigenvalue weighted by atomic mass is 10.0. The summed E-state index contributed by atoms with van der Waals surface area (Å²) in [6.07, 6.45) is 5.90. The molecule has 19 heavy (non-hydrogen) atoms. The van der Waals surface area contributed by atoms with Gasteiger partial charge in [0.25, 0.3) is 0 Å². The van der Waals surface area contributed by atoms with E-state index in [9.17, 15) is 4.79 Å². The number of nitrogens with one attached hydrogen (secondary N) is 1. The molecule has 0 bridgehead atoms. The van der Waals surface area contributed by atoms with Crippen molar-refractivity contribution in [3.63, 3.8) is 0 Å². The molecule has 1 aromatic rings. The van der Waals surface area contributed by atoms with Crippen molar-refractivity contribution in [2.45, 2.75) is 52.2 Å². The van der Waals surface area contributed by atoms with Crippen LogP contribution in [0.1, 0.15) is 39.4 Å². The van der Waals surface area contributed by atoms with E-state index < -0.39 is 0 Å². The van der Waals surface area contributed by atoms with Gasteiger partial charge in [0.2, 0.25) is 0 Å². The summed E-state index contributed by atoms with van der Waals surface area (Å²) in [5, 5.41) is 2.99. The van der Waals surface area contributed by atoms with Gasteiger partial charge in [-0.2, -0.15) is 0 Å². The van der Waals surface area contributed by atoms with Crippen LogP contribution in [-0.2, 0) is 13.6 Å². The second kappa shape index (κ2) is 5.63. The van der Waals surface area contributed by atoms with Crippen LogP contribution in [0.2, 0.25) is 0 Å². The topological polar surface area (TPSA) is 50.2 Å². The summed E-state index contributed by atoms with van der Waals surface area (Å²) in [7, 11) is 1.93. The van der Waals surface area contributed by atoms with Crippen LogP contribution in [0, 0.1) is 5.92 Å². The fourth-order valence-corrected chi connectivity index (χ4v) is 2.17. The van der Waals surface area contributed by atoms with Gasteiger partial charge in [0, 0.05) is 31.5 Å². The third kappa shape index (κ3) is 3.28. The maximum atomic E-state index is 12.4. The first-order valence-corrected chi connectivity index (χ1v) is 7.03. The van der Waals surface area contributed by atoms with Crippen molar-refractivity contribution < 1.29 is 4.79 Å². The van der Waals surface area contributed by atoms with E-state index in [0.29, 0.717) is 18.5 Å². The molecule has 0 saturated heterocycles. The predicted molar refractivity (Wildman–Crippen MR) is 74.6 cm³/mol. The van der Waals surface area contributed by atoms with Gasteiger partial charge in [0.15, 0.2) is 0 Å². The fraction of sp³-hybridized carbons (Fsp3) is 0.714. The minimum absolute atomic E-state index is 0.0340. The minimum Gasteiger partial charge on any atom is -0.337 e. The monoisotopic (exact) mass is 264 g/mol. The molecule has 1 N–H and O–H groups in total. The number of carbonyl (C=O) groups excluding carboxylic acids is 1. The Bertz CT molecular complexity index is 436. The first-order chi connectivity index (χ1) is 9.00. The number of hydrogen-bond donors (Lipinski definition) is 1. The zero-order valence-electron chi connectivity index (χ0n) is 12.3. The standard InChI is InChI=1S/C14H24N4O/c1-10(2)11(3)18(12-5-6-12)14(19)16-9-13-15-7-8-17(13)4/h7-8,10-12H,5-6,9H2,1-4H3,(H,16,19). The summed E-state index contributed by atoms with van der Waals surface area (Å²) in [5.41, 5.74) is 0. The molecule has 1 aromatic heterocycles. The number of nitrogens with zero attached hydrogens (tertiary/aromatic N) is 3. The van der Waals surface area contributed by atoms with Crippen LogP contribution in [0.3, 0.4) is 0 Å². The molecule has 1 aliphatic rings. The molecule has 0 aliphatic heterocycles. The molecule has 1 atom stereocenters. The Labute approximate surface area is 115 Å². The SMILES string of the molecule is CC(C)C(C)N(C(=O)NCc1nccn1C)C1CC1. The van der Waals surface area contributed by atoms with Gasteiger partial charge in [-0.3, -0.25) is 0 Å². The zero-order chi connectivity index (χ0) is 14.0. The van der Waals surface area contributed by atoms with E-state index in [1.807, 2.05) is 22.7 Å². The first kappa shape index (κ1) is 13.9. The lowest BCUT2D eigenvalue weighted by Crippen LogP contribution is -2.48. The van der Waals surface area contributed by atoms with Crippen LogP contribution in [0.4, 0.5) is 4.79 Å². The van der Waals surface area contributed by atoms with Gasteiger partial charge in [0.05, 0.1) is 6.54 Å². The summed E-state index contributed by atoms with van der Waals surface area (Å²) in [6.45, 7) is 6.93. The Kier molecular flexibility index (Phi) is 4.12. The largest absolute Gasteiger partial charge is 0.337 e. The van der Waals surface area contributed by atoms with Crippen LogP contribution in [0.25, 0.3) is 0 Å². The third-order valence-electron chi connectivity index (χ3n) is 3.90. The molecule has 5 nitrogen and oxygen atoms in total. The Morgan fingerprint density at radius 1 is 1.53 bits per heavy atom. The summed E-state index contributed by atoms with van der Waals surface area (Å²) >= 11 is 0. The maximum Gasteiger partial charge on any atom is 0.318 e. The summed E-state index contributed by atoms with van der Waals surface area (Å²) in [5.74, 6) is 1.35. The molecule has 2 amide bonds. The smallest absolute Gasteiger partial charge is 0.318 e. The second-order valence-corrected chi connectivity index (χ2v) is 5.74. The highest BCUT2D eigenvalue weighted by Gasteiger charge is 2.36. The molecule has 0 aromatic carbocycles. The first-order valence-electron chi connectivity index (χ1n) is 7.03. The fourth-order valence-electron chi connectivity index (χ4n) is 2.17. The van der Waals surface area contributed by atoms with E-state index in [0.717, 1.165) is 18.7 Å². The average molecular weight is 264 g/mol. The van der Waals surface area contributed by atoms with Crippen molar-refractivity contribution >= 4 is 6.03 Å². The molecule has 1 fully saturated rings. The molecular formula is C14H24N4O. The number of urea groups is 1. The number of aryl methyl sites for hydroxylation is 1. The van der Waals surface area contributed by atoms with Crippen molar-refractivity contribution in [2.24, 2.45) is 13.0 Å². The lowest BCUT2D eigenvalue weighted by molar-refractivity contribution is 0.156. The van der Waals surface area contributed by atoms with Crippen LogP contribution < -0.4 is 5.32 Å². The molecular weight excluding hydrogens is 240 g/mol. The van der Waals surface area contributed by atoms with E-state index in [1.165, 1.54) is 0 Å². The van der Waals surface area contributed by atoms with Crippen LogP contribution in [0.5, 0.6) is 0 Å². The number of rotatable bonds is 5. The van der Waals surface area contributed by atoms with Crippen molar-refractivity contribution in [1.82, 2.24) is 19.8 Å². The summed E-state index contributed by atoms with van der Waals surface area (Å²) in [6, 6.07) is 0.736. The summed E-state index contributed by atoms with van der Waals surface area (Å²) in [4.78, 5) is 18.6. The Morgan fingerprint density at radius 3 is 2.68 bits per heavy atom. The Balaban J connectivity index is 1.94. The van der Waals surface area contributed by atoms with Gasteiger partial charge in [0.1, 0.15) is 5.82 Å². The van der Waals surface area contributed by atoms with Crippen molar-refractivity contribution in [1.29, 1.82) is 0 Å². The van der Waals surface area contributed by atoms with Gasteiger partial charge < -0.3 is 14.8 Å². The maximum absolute atomic E-state index is 12.4. The number of amides is 2. The highest BCUT2D eigenvalue weighted by molar-refractivity contribution is 5.75. The molecule has 1 aliphatic carbocycles. The van der Waals surface area contributed by atoms with Gasteiger partial charge >= 0.3 is 6.03 Å². The predicted octanol–water partition coefficient (Wildman–Crippen LogP) is 2.14. The quantitative estimate of drug-likeness (QED) is 0.885. The van der Waals surface area contributed by atoms with E-state index in [1.54, 1.807) is 6.20 Å². The second-order valence-electron chi connectivity index (χ2n) is 5.74. The molecule has 106 valence electrons. The molecule has 5 heteroatoms. The lowest BCUT2D eigenvalue weighted by Gasteiger charge is -2.32. The number of hydrogen-bond acceptors (Lipinski definition) is 2. The van der Waals surface area contributed by atoms with Gasteiger partial charge in [-0.25, -0.2) is 9.78 Å². The third-order valence-corrected chi connectivity index (χ3v) is 3.90. The van der Waals surface area contributed by atoms with Gasteiger partial charge in [-0.15, -0.1) is 0 Å². The average Bonchev–Trinajstić information content (AvgIpc) is 3.10. The van der Waals surface area contributed by atoms with Crippen LogP contribution >= 0.6 is 0 Å². The van der Waals surface area contributed by atoms with Crippen LogP contribution in [0.15, 0.2) is 12.4 Å². The normalized spacial score (nSPS) is 16.5. The highest BCUT2D eigenvalue weighted by Crippen LogP contribution is 2.30. The van der Waals surface area contributed by atoms with E-state index in [2.05, 4.69) is 31.1 Å². The van der Waals surface area contributed by atoms with Gasteiger partial charge in [-0.1, -0.05) is 13.8 Å². The minimum atomic E-state index is 0.0340. The van der Waals surface area contributed by atoms with Gasteiger partial charge in [-0.05, 0) is 25.7 Å². The van der Waals surface area contributed by atoms with Crippen molar-refractivity contribution in [3.05, 3.63) is 18.2 Å². The molecule has 1 unspecified atom stereocenters.